The summed E-state index contributed by atoms with van der Waals surface area (Å²) in [6, 6.07) is 12.1. The third kappa shape index (κ3) is 2.13. The SMILES string of the molecule is c1ccc(-n2cccn2)c(NCc2cc[nH]c2)c1. The van der Waals surface area contributed by atoms with Crippen LogP contribution in [0.5, 0.6) is 0 Å². The van der Waals surface area contributed by atoms with Crippen molar-refractivity contribution in [3.8, 4) is 5.69 Å². The highest BCUT2D eigenvalue weighted by molar-refractivity contribution is 5.60. The number of para-hydroxylation sites is 2. The Morgan fingerprint density at radius 2 is 2.11 bits per heavy atom. The van der Waals surface area contributed by atoms with Crippen molar-refractivity contribution in [1.82, 2.24) is 14.8 Å². The van der Waals surface area contributed by atoms with Gasteiger partial charge in [0.15, 0.2) is 0 Å². The van der Waals surface area contributed by atoms with Crippen molar-refractivity contribution in [2.45, 2.75) is 6.54 Å². The van der Waals surface area contributed by atoms with E-state index in [4.69, 9.17) is 0 Å². The number of aromatic nitrogens is 3. The first kappa shape index (κ1) is 10.7. The van der Waals surface area contributed by atoms with Gasteiger partial charge >= 0.3 is 0 Å². The van der Waals surface area contributed by atoms with E-state index in [0.29, 0.717) is 0 Å². The Morgan fingerprint density at radius 3 is 2.89 bits per heavy atom. The summed E-state index contributed by atoms with van der Waals surface area (Å²) < 4.78 is 1.86. The predicted molar refractivity (Wildman–Crippen MR) is 71.7 cm³/mol. The first-order valence-electron chi connectivity index (χ1n) is 5.88. The molecule has 0 aliphatic carbocycles. The second-order valence-electron chi connectivity index (χ2n) is 4.04. The number of nitrogens with one attached hydrogen (secondary N) is 2. The van der Waals surface area contributed by atoms with Gasteiger partial charge in [0.2, 0.25) is 0 Å². The lowest BCUT2D eigenvalue weighted by Gasteiger charge is -2.11. The minimum absolute atomic E-state index is 0.793. The molecule has 0 saturated carbocycles. The molecular formula is C14H14N4. The van der Waals surface area contributed by atoms with E-state index in [1.165, 1.54) is 5.56 Å². The predicted octanol–water partition coefficient (Wildman–Crippen LogP) is 2.81. The van der Waals surface area contributed by atoms with Crippen LogP contribution in [0.2, 0.25) is 0 Å². The van der Waals surface area contributed by atoms with Gasteiger partial charge < -0.3 is 10.3 Å². The molecular weight excluding hydrogens is 224 g/mol. The fraction of sp³-hybridized carbons (Fsp3) is 0.0714. The molecule has 0 radical (unpaired) electrons. The van der Waals surface area contributed by atoms with Gasteiger partial charge in [-0.2, -0.15) is 5.10 Å². The number of nitrogens with zero attached hydrogens (tertiary/aromatic N) is 2. The van der Waals surface area contributed by atoms with E-state index in [9.17, 15) is 0 Å². The highest BCUT2D eigenvalue weighted by atomic mass is 15.3. The number of aromatic amines is 1. The first-order valence-corrected chi connectivity index (χ1v) is 5.88. The van der Waals surface area contributed by atoms with E-state index in [2.05, 4.69) is 27.5 Å². The van der Waals surface area contributed by atoms with Crippen LogP contribution >= 0.6 is 0 Å². The Bertz CT molecular complexity index is 597. The number of hydrogen-bond donors (Lipinski definition) is 2. The van der Waals surface area contributed by atoms with E-state index >= 15 is 0 Å². The summed E-state index contributed by atoms with van der Waals surface area (Å²) in [5, 5.41) is 7.69. The molecule has 2 aromatic heterocycles. The second kappa shape index (κ2) is 4.79. The third-order valence-electron chi connectivity index (χ3n) is 2.80. The molecule has 0 amide bonds. The zero-order valence-electron chi connectivity index (χ0n) is 9.88. The minimum atomic E-state index is 0.793. The van der Waals surface area contributed by atoms with Crippen molar-refractivity contribution in [3.05, 3.63) is 66.7 Å². The molecule has 0 saturated heterocycles. The van der Waals surface area contributed by atoms with Crippen LogP contribution in [-0.4, -0.2) is 14.8 Å². The average molecular weight is 238 g/mol. The highest BCUT2D eigenvalue weighted by Crippen LogP contribution is 2.19. The van der Waals surface area contributed by atoms with E-state index in [1.54, 1.807) is 6.20 Å². The molecule has 0 aliphatic rings. The molecule has 3 rings (SSSR count). The smallest absolute Gasteiger partial charge is 0.0876 e. The first-order chi connectivity index (χ1) is 8.93. The normalized spacial score (nSPS) is 10.4. The van der Waals surface area contributed by atoms with E-state index in [1.807, 2.05) is 47.5 Å². The number of H-pyrrole nitrogens is 1. The molecule has 18 heavy (non-hydrogen) atoms. The zero-order chi connectivity index (χ0) is 12.2. The van der Waals surface area contributed by atoms with Crippen LogP contribution in [0.1, 0.15) is 5.56 Å². The van der Waals surface area contributed by atoms with Crippen LogP contribution in [0.25, 0.3) is 5.69 Å². The van der Waals surface area contributed by atoms with Gasteiger partial charge in [-0.3, -0.25) is 0 Å². The lowest BCUT2D eigenvalue weighted by atomic mass is 10.2. The Kier molecular flexibility index (Phi) is 2.84. The lowest BCUT2D eigenvalue weighted by molar-refractivity contribution is 0.879. The van der Waals surface area contributed by atoms with E-state index < -0.39 is 0 Å². The maximum Gasteiger partial charge on any atom is 0.0876 e. The molecule has 0 aliphatic heterocycles. The monoisotopic (exact) mass is 238 g/mol. The van der Waals surface area contributed by atoms with Crippen LogP contribution in [-0.2, 0) is 6.54 Å². The van der Waals surface area contributed by atoms with Gasteiger partial charge in [-0.1, -0.05) is 12.1 Å². The van der Waals surface area contributed by atoms with Gasteiger partial charge in [0.25, 0.3) is 0 Å². The lowest BCUT2D eigenvalue weighted by Crippen LogP contribution is -2.04. The van der Waals surface area contributed by atoms with E-state index in [-0.39, 0.29) is 0 Å². The Morgan fingerprint density at radius 1 is 1.17 bits per heavy atom. The Hall–Kier alpha value is -2.49. The number of anilines is 1. The number of rotatable bonds is 4. The van der Waals surface area contributed by atoms with Gasteiger partial charge in [-0.25, -0.2) is 4.68 Å². The largest absolute Gasteiger partial charge is 0.379 e. The van der Waals surface area contributed by atoms with Gasteiger partial charge in [0, 0.05) is 31.3 Å². The minimum Gasteiger partial charge on any atom is -0.379 e. The second-order valence-corrected chi connectivity index (χ2v) is 4.04. The summed E-state index contributed by atoms with van der Waals surface area (Å²) in [7, 11) is 0. The quantitative estimate of drug-likeness (QED) is 0.734. The Labute approximate surface area is 105 Å². The van der Waals surface area contributed by atoms with Crippen LogP contribution in [0.15, 0.2) is 61.2 Å². The summed E-state index contributed by atoms with van der Waals surface area (Å²) >= 11 is 0. The zero-order valence-corrected chi connectivity index (χ0v) is 9.88. The molecule has 0 fully saturated rings. The molecule has 0 atom stereocenters. The summed E-state index contributed by atoms with van der Waals surface area (Å²) in [6.45, 7) is 0.793. The van der Waals surface area contributed by atoms with Gasteiger partial charge in [0.1, 0.15) is 0 Å². The molecule has 0 bridgehead atoms. The van der Waals surface area contributed by atoms with Crippen LogP contribution in [0.4, 0.5) is 5.69 Å². The van der Waals surface area contributed by atoms with Crippen molar-refractivity contribution < 1.29 is 0 Å². The van der Waals surface area contributed by atoms with Gasteiger partial charge in [0.05, 0.1) is 11.4 Å². The maximum atomic E-state index is 4.26. The molecule has 90 valence electrons. The summed E-state index contributed by atoms with van der Waals surface area (Å²) in [5.41, 5.74) is 3.35. The van der Waals surface area contributed by atoms with Crippen LogP contribution in [0, 0.1) is 0 Å². The molecule has 2 heterocycles. The fourth-order valence-electron chi connectivity index (χ4n) is 1.90. The standard InChI is InChI=1S/C14H14N4/c1-2-5-14(18-9-3-7-17-18)13(4-1)16-11-12-6-8-15-10-12/h1-10,15-16H,11H2. The molecule has 4 heteroatoms. The average Bonchev–Trinajstić information content (AvgIpc) is 3.10. The molecule has 3 aromatic rings. The number of hydrogen-bond acceptors (Lipinski definition) is 2. The molecule has 1 aromatic carbocycles. The van der Waals surface area contributed by atoms with Crippen molar-refractivity contribution in [1.29, 1.82) is 0 Å². The summed E-state index contributed by atoms with van der Waals surface area (Å²) in [5.74, 6) is 0. The van der Waals surface area contributed by atoms with Gasteiger partial charge in [-0.15, -0.1) is 0 Å². The molecule has 0 spiro atoms. The molecule has 4 nitrogen and oxygen atoms in total. The topological polar surface area (TPSA) is 45.6 Å². The maximum absolute atomic E-state index is 4.26. The van der Waals surface area contributed by atoms with E-state index in [0.717, 1.165) is 17.9 Å². The Balaban J connectivity index is 1.84. The molecule has 2 N–H and O–H groups in total. The fourth-order valence-corrected chi connectivity index (χ4v) is 1.90. The molecule has 0 unspecified atom stereocenters. The summed E-state index contributed by atoms with van der Waals surface area (Å²) in [6.07, 6.45) is 7.64. The summed E-state index contributed by atoms with van der Waals surface area (Å²) in [4.78, 5) is 3.05. The number of benzene rings is 1. The van der Waals surface area contributed by atoms with Crippen molar-refractivity contribution in [3.63, 3.8) is 0 Å². The van der Waals surface area contributed by atoms with Crippen molar-refractivity contribution in [2.24, 2.45) is 0 Å². The van der Waals surface area contributed by atoms with Gasteiger partial charge in [-0.05, 0) is 29.8 Å². The highest BCUT2D eigenvalue weighted by Gasteiger charge is 2.03. The van der Waals surface area contributed by atoms with Crippen LogP contribution < -0.4 is 5.32 Å². The third-order valence-corrected chi connectivity index (χ3v) is 2.80. The van der Waals surface area contributed by atoms with Crippen molar-refractivity contribution in [2.75, 3.05) is 5.32 Å². The van der Waals surface area contributed by atoms with Crippen LogP contribution in [0.3, 0.4) is 0 Å². The van der Waals surface area contributed by atoms with Crippen molar-refractivity contribution >= 4 is 5.69 Å².